The van der Waals surface area contributed by atoms with Crippen LogP contribution in [-0.4, -0.2) is 32.3 Å². The van der Waals surface area contributed by atoms with Gasteiger partial charge in [0.25, 0.3) is 0 Å². The fourth-order valence-electron chi connectivity index (χ4n) is 2.02. The van der Waals surface area contributed by atoms with Crippen molar-refractivity contribution in [1.82, 2.24) is 4.72 Å². The highest BCUT2D eigenvalue weighted by Crippen LogP contribution is 2.26. The molecule has 20 heavy (non-hydrogen) atoms. The maximum absolute atomic E-state index is 13.6. The lowest BCUT2D eigenvalue weighted by atomic mass is 10.0. The average molecular weight is 324 g/mol. The van der Waals surface area contributed by atoms with Crippen molar-refractivity contribution in [3.63, 3.8) is 0 Å². The number of sulfonamides is 1. The van der Waals surface area contributed by atoms with Gasteiger partial charge in [0.15, 0.2) is 0 Å². The largest absolute Gasteiger partial charge is 0.392 e. The maximum atomic E-state index is 13.6. The first kappa shape index (κ1) is 15.7. The Hall–Kier alpha value is -0.730. The van der Waals surface area contributed by atoms with E-state index in [1.54, 1.807) is 6.92 Å². The number of hydrogen-bond donors (Lipinski definition) is 2. The lowest BCUT2D eigenvalue weighted by Gasteiger charge is -2.23. The fraction of sp³-hybridized carbons (Fsp3) is 0.500. The molecule has 0 aliphatic carbocycles. The molecule has 0 spiro atoms. The summed E-state index contributed by atoms with van der Waals surface area (Å²) in [5.41, 5.74) is -0.686. The fourth-order valence-corrected chi connectivity index (χ4v) is 3.67. The van der Waals surface area contributed by atoms with Gasteiger partial charge in [0.05, 0.1) is 28.7 Å². The second kappa shape index (κ2) is 5.57. The van der Waals surface area contributed by atoms with E-state index in [9.17, 15) is 12.8 Å². The van der Waals surface area contributed by atoms with Gasteiger partial charge >= 0.3 is 0 Å². The Morgan fingerprint density at radius 1 is 1.55 bits per heavy atom. The van der Waals surface area contributed by atoms with Crippen LogP contribution in [0.2, 0.25) is 5.02 Å². The van der Waals surface area contributed by atoms with Crippen LogP contribution in [0.3, 0.4) is 0 Å². The predicted molar refractivity (Wildman–Crippen MR) is 71.5 cm³/mol. The number of nitrogens with one attached hydrogen (secondary N) is 1. The standard InChI is InChI=1S/C12H15ClFNO4S/c1-12(2-3-19-7-12)15-20(17,18)9-4-8(6-16)11(13)10(14)5-9/h4-5,15-16H,2-3,6-7H2,1H3. The van der Waals surface area contributed by atoms with Crippen molar-refractivity contribution in [2.24, 2.45) is 0 Å². The van der Waals surface area contributed by atoms with Crippen LogP contribution in [0.15, 0.2) is 17.0 Å². The van der Waals surface area contributed by atoms with Crippen LogP contribution in [-0.2, 0) is 21.4 Å². The molecule has 1 saturated heterocycles. The molecule has 8 heteroatoms. The summed E-state index contributed by atoms with van der Waals surface area (Å²) < 4.78 is 45.8. The number of aliphatic hydroxyl groups excluding tert-OH is 1. The van der Waals surface area contributed by atoms with E-state index in [1.165, 1.54) is 0 Å². The predicted octanol–water partition coefficient (Wildman–Crippen LogP) is 1.43. The molecule has 1 aliphatic rings. The molecular weight excluding hydrogens is 309 g/mol. The lowest BCUT2D eigenvalue weighted by Crippen LogP contribution is -2.46. The summed E-state index contributed by atoms with van der Waals surface area (Å²) in [6.45, 7) is 1.90. The molecule has 2 rings (SSSR count). The second-order valence-electron chi connectivity index (χ2n) is 5.01. The van der Waals surface area contributed by atoms with E-state index in [0.29, 0.717) is 13.0 Å². The Labute approximate surface area is 121 Å². The molecule has 2 N–H and O–H groups in total. The number of hydrogen-bond acceptors (Lipinski definition) is 4. The van der Waals surface area contributed by atoms with Crippen molar-refractivity contribution in [2.75, 3.05) is 13.2 Å². The van der Waals surface area contributed by atoms with Crippen LogP contribution in [0.4, 0.5) is 4.39 Å². The molecule has 0 amide bonds. The summed E-state index contributed by atoms with van der Waals surface area (Å²) in [5.74, 6) is -0.883. The van der Waals surface area contributed by atoms with Gasteiger partial charge in [-0.25, -0.2) is 17.5 Å². The van der Waals surface area contributed by atoms with E-state index in [0.717, 1.165) is 12.1 Å². The van der Waals surface area contributed by atoms with Crippen molar-refractivity contribution in [3.8, 4) is 0 Å². The van der Waals surface area contributed by atoms with Crippen LogP contribution in [0.5, 0.6) is 0 Å². The molecule has 112 valence electrons. The third-order valence-corrected chi connectivity index (χ3v) is 5.20. The maximum Gasteiger partial charge on any atom is 0.241 e. The Morgan fingerprint density at radius 3 is 2.80 bits per heavy atom. The molecule has 0 saturated carbocycles. The second-order valence-corrected chi connectivity index (χ2v) is 7.07. The number of rotatable bonds is 4. The molecule has 1 aromatic carbocycles. The topological polar surface area (TPSA) is 75.6 Å². The zero-order valence-corrected chi connectivity index (χ0v) is 12.4. The average Bonchev–Trinajstić information content (AvgIpc) is 2.77. The molecule has 1 heterocycles. The zero-order chi connectivity index (χ0) is 15.0. The van der Waals surface area contributed by atoms with E-state index < -0.39 is 28.0 Å². The molecule has 5 nitrogen and oxygen atoms in total. The monoisotopic (exact) mass is 323 g/mol. The third kappa shape index (κ3) is 3.12. The smallest absolute Gasteiger partial charge is 0.241 e. The highest BCUT2D eigenvalue weighted by atomic mass is 35.5. The van der Waals surface area contributed by atoms with Gasteiger partial charge in [-0.15, -0.1) is 0 Å². The quantitative estimate of drug-likeness (QED) is 0.879. The molecule has 1 fully saturated rings. The lowest BCUT2D eigenvalue weighted by molar-refractivity contribution is 0.178. The van der Waals surface area contributed by atoms with Crippen LogP contribution in [0.1, 0.15) is 18.9 Å². The van der Waals surface area contributed by atoms with Gasteiger partial charge in [-0.05, 0) is 25.5 Å². The highest BCUT2D eigenvalue weighted by molar-refractivity contribution is 7.89. The Bertz CT molecular complexity index is 614. The summed E-state index contributed by atoms with van der Waals surface area (Å²) in [4.78, 5) is -0.267. The summed E-state index contributed by atoms with van der Waals surface area (Å²) in [7, 11) is -3.91. The number of aliphatic hydroxyl groups is 1. The van der Waals surface area contributed by atoms with Gasteiger partial charge in [-0.1, -0.05) is 11.6 Å². The molecule has 1 aliphatic heterocycles. The van der Waals surface area contributed by atoms with Crippen LogP contribution >= 0.6 is 11.6 Å². The van der Waals surface area contributed by atoms with E-state index in [4.69, 9.17) is 21.4 Å². The first-order chi connectivity index (χ1) is 9.27. The van der Waals surface area contributed by atoms with Gasteiger partial charge in [0, 0.05) is 12.2 Å². The number of ether oxygens (including phenoxy) is 1. The minimum absolute atomic E-state index is 0.0277. The van der Waals surface area contributed by atoms with Crippen LogP contribution in [0.25, 0.3) is 0 Å². The van der Waals surface area contributed by atoms with Gasteiger partial charge in [-0.2, -0.15) is 0 Å². The minimum Gasteiger partial charge on any atom is -0.392 e. The highest BCUT2D eigenvalue weighted by Gasteiger charge is 2.35. The van der Waals surface area contributed by atoms with Crippen LogP contribution in [0, 0.1) is 5.82 Å². The SMILES string of the molecule is CC1(NS(=O)(=O)c2cc(F)c(Cl)c(CO)c2)CCOC1. The van der Waals surface area contributed by atoms with E-state index >= 15 is 0 Å². The normalized spacial score (nSPS) is 23.2. The Morgan fingerprint density at radius 2 is 2.25 bits per heavy atom. The van der Waals surface area contributed by atoms with Crippen molar-refractivity contribution >= 4 is 21.6 Å². The van der Waals surface area contributed by atoms with Gasteiger partial charge in [-0.3, -0.25) is 0 Å². The number of halogens is 2. The molecule has 0 aromatic heterocycles. The Kier molecular flexibility index (Phi) is 4.36. The molecule has 0 radical (unpaired) electrons. The molecular formula is C12H15ClFNO4S. The van der Waals surface area contributed by atoms with E-state index in [1.807, 2.05) is 0 Å². The molecule has 0 bridgehead atoms. The van der Waals surface area contributed by atoms with Crippen molar-refractivity contribution in [2.45, 2.75) is 30.4 Å². The summed E-state index contributed by atoms with van der Waals surface area (Å²) in [5, 5.41) is 8.81. The molecule has 1 aromatic rings. The molecule has 1 atom stereocenters. The van der Waals surface area contributed by atoms with Gasteiger partial charge in [0.1, 0.15) is 5.82 Å². The Balaban J connectivity index is 2.37. The van der Waals surface area contributed by atoms with Gasteiger partial charge < -0.3 is 9.84 Å². The summed E-state index contributed by atoms with van der Waals surface area (Å²) in [6, 6.07) is 2.00. The van der Waals surface area contributed by atoms with Gasteiger partial charge in [0.2, 0.25) is 10.0 Å². The van der Waals surface area contributed by atoms with Crippen LogP contribution < -0.4 is 4.72 Å². The van der Waals surface area contributed by atoms with E-state index in [2.05, 4.69) is 4.72 Å². The third-order valence-electron chi connectivity index (χ3n) is 3.16. The number of benzene rings is 1. The van der Waals surface area contributed by atoms with E-state index in [-0.39, 0.29) is 22.1 Å². The van der Waals surface area contributed by atoms with Crippen molar-refractivity contribution < 1.29 is 22.7 Å². The summed E-state index contributed by atoms with van der Waals surface area (Å²) >= 11 is 5.64. The molecule has 1 unspecified atom stereocenters. The van der Waals surface area contributed by atoms with Crippen molar-refractivity contribution in [3.05, 3.63) is 28.5 Å². The first-order valence-corrected chi connectivity index (χ1v) is 7.84. The minimum atomic E-state index is -3.91. The van der Waals surface area contributed by atoms with Crippen molar-refractivity contribution in [1.29, 1.82) is 0 Å². The zero-order valence-electron chi connectivity index (χ0n) is 10.8. The first-order valence-electron chi connectivity index (χ1n) is 5.98. The summed E-state index contributed by atoms with van der Waals surface area (Å²) in [6.07, 6.45) is 0.537.